The van der Waals surface area contributed by atoms with Crippen LogP contribution in [0.1, 0.15) is 19.8 Å². The molecule has 1 atom stereocenters. The van der Waals surface area contributed by atoms with Crippen LogP contribution in [0.25, 0.3) is 0 Å². The summed E-state index contributed by atoms with van der Waals surface area (Å²) in [6.07, 6.45) is 1.65. The second-order valence-corrected chi connectivity index (χ2v) is 4.28. The molecule has 6 nitrogen and oxygen atoms in total. The summed E-state index contributed by atoms with van der Waals surface area (Å²) >= 11 is 0. The number of nitrogens with two attached hydrogens (primary N) is 2. The van der Waals surface area contributed by atoms with Crippen molar-refractivity contribution in [1.29, 1.82) is 0 Å². The first-order valence-corrected chi connectivity index (χ1v) is 6.24. The molecule has 0 spiro atoms. The molecule has 0 saturated heterocycles. The molecule has 6 N–H and O–H groups in total. The smallest absolute Gasteiger partial charge is 0.316 e. The Kier molecular flexibility index (Phi) is 5.81. The summed E-state index contributed by atoms with van der Waals surface area (Å²) in [5.74, 6) is -0.307. The third-order valence-electron chi connectivity index (χ3n) is 2.69. The van der Waals surface area contributed by atoms with Crippen LogP contribution >= 0.6 is 0 Å². The molecule has 1 unspecified atom stereocenters. The third-order valence-corrected chi connectivity index (χ3v) is 2.69. The van der Waals surface area contributed by atoms with Crippen LogP contribution in [0.2, 0.25) is 0 Å². The topological polar surface area (TPSA) is 110 Å². The van der Waals surface area contributed by atoms with Gasteiger partial charge in [-0.05, 0) is 24.6 Å². The fourth-order valence-corrected chi connectivity index (χ4v) is 1.77. The molecule has 1 rings (SSSR count). The lowest BCUT2D eigenvalue weighted by Crippen LogP contribution is -2.29. The number of primary amides is 1. The fraction of sp³-hybridized carbons (Fsp3) is 0.385. The standard InChI is InChI=1S/C13H20N4O2/c1-2-4-9(8-14)12(18)16-10-5-3-6-11(7-10)17-13(15)19/h3,5-7,9H,2,4,8,14H2,1H3,(H,16,18)(H3,15,17,19). The lowest BCUT2D eigenvalue weighted by atomic mass is 10.0. The first-order chi connectivity index (χ1) is 9.06. The summed E-state index contributed by atoms with van der Waals surface area (Å²) in [4.78, 5) is 22.7. The maximum Gasteiger partial charge on any atom is 0.316 e. The van der Waals surface area contributed by atoms with Crippen molar-refractivity contribution in [3.63, 3.8) is 0 Å². The van der Waals surface area contributed by atoms with Crippen LogP contribution in [-0.4, -0.2) is 18.5 Å². The van der Waals surface area contributed by atoms with Gasteiger partial charge >= 0.3 is 6.03 Å². The lowest BCUT2D eigenvalue weighted by Gasteiger charge is -2.14. The van der Waals surface area contributed by atoms with Gasteiger partial charge in [-0.2, -0.15) is 0 Å². The molecule has 1 aromatic carbocycles. The maximum absolute atomic E-state index is 12.0. The highest BCUT2D eigenvalue weighted by molar-refractivity contribution is 5.94. The molecular formula is C13H20N4O2. The summed E-state index contributed by atoms with van der Waals surface area (Å²) < 4.78 is 0. The molecule has 3 amide bonds. The van der Waals surface area contributed by atoms with E-state index in [9.17, 15) is 9.59 Å². The summed E-state index contributed by atoms with van der Waals surface area (Å²) in [6, 6.07) is 6.14. The number of carbonyl (C=O) groups is 2. The van der Waals surface area contributed by atoms with Crippen LogP contribution in [0.3, 0.4) is 0 Å². The van der Waals surface area contributed by atoms with Crippen molar-refractivity contribution in [2.24, 2.45) is 17.4 Å². The van der Waals surface area contributed by atoms with Gasteiger partial charge in [-0.1, -0.05) is 19.4 Å². The molecule has 0 aliphatic carbocycles. The first-order valence-electron chi connectivity index (χ1n) is 6.24. The van der Waals surface area contributed by atoms with Crippen LogP contribution in [-0.2, 0) is 4.79 Å². The zero-order valence-corrected chi connectivity index (χ0v) is 11.0. The minimum Gasteiger partial charge on any atom is -0.351 e. The number of amides is 3. The SMILES string of the molecule is CCCC(CN)C(=O)Nc1cccc(NC(N)=O)c1. The number of anilines is 2. The minimum atomic E-state index is -0.644. The van der Waals surface area contributed by atoms with Gasteiger partial charge in [0.2, 0.25) is 5.91 Å². The fourth-order valence-electron chi connectivity index (χ4n) is 1.77. The van der Waals surface area contributed by atoms with Crippen molar-refractivity contribution < 1.29 is 9.59 Å². The number of carbonyl (C=O) groups excluding carboxylic acids is 2. The molecule has 0 aliphatic heterocycles. The predicted octanol–water partition coefficient (Wildman–Crippen LogP) is 1.49. The molecule has 0 aliphatic rings. The molecule has 0 fully saturated rings. The van der Waals surface area contributed by atoms with Gasteiger partial charge < -0.3 is 22.1 Å². The van der Waals surface area contributed by atoms with E-state index in [1.54, 1.807) is 24.3 Å². The molecule has 0 bridgehead atoms. The highest BCUT2D eigenvalue weighted by atomic mass is 16.2. The molecule has 19 heavy (non-hydrogen) atoms. The van der Waals surface area contributed by atoms with Crippen molar-refractivity contribution in [3.8, 4) is 0 Å². The Morgan fingerprint density at radius 1 is 1.26 bits per heavy atom. The third kappa shape index (κ3) is 4.97. The van der Waals surface area contributed by atoms with E-state index >= 15 is 0 Å². The normalized spacial score (nSPS) is 11.7. The molecule has 0 saturated carbocycles. The van der Waals surface area contributed by atoms with Gasteiger partial charge in [-0.15, -0.1) is 0 Å². The summed E-state index contributed by atoms with van der Waals surface area (Å²) in [6.45, 7) is 2.33. The van der Waals surface area contributed by atoms with Gasteiger partial charge in [-0.3, -0.25) is 4.79 Å². The Morgan fingerprint density at radius 3 is 2.42 bits per heavy atom. The van der Waals surface area contributed by atoms with Crippen LogP contribution < -0.4 is 22.1 Å². The molecule has 0 heterocycles. The monoisotopic (exact) mass is 264 g/mol. The Labute approximate surface area is 112 Å². The predicted molar refractivity (Wildman–Crippen MR) is 75.7 cm³/mol. The molecule has 0 aromatic heterocycles. The second-order valence-electron chi connectivity index (χ2n) is 4.28. The van der Waals surface area contributed by atoms with Gasteiger partial charge in [0.25, 0.3) is 0 Å². The quantitative estimate of drug-likeness (QED) is 0.624. The Balaban J connectivity index is 2.70. The molecule has 0 radical (unpaired) electrons. The van der Waals surface area contributed by atoms with Gasteiger partial charge in [-0.25, -0.2) is 4.79 Å². The van der Waals surface area contributed by atoms with E-state index in [2.05, 4.69) is 10.6 Å². The van der Waals surface area contributed by atoms with Crippen molar-refractivity contribution >= 4 is 23.3 Å². The van der Waals surface area contributed by atoms with Crippen LogP contribution in [0.15, 0.2) is 24.3 Å². The van der Waals surface area contributed by atoms with Crippen molar-refractivity contribution in [1.82, 2.24) is 0 Å². The molecule has 104 valence electrons. The van der Waals surface area contributed by atoms with E-state index in [0.717, 1.165) is 12.8 Å². The number of nitrogens with one attached hydrogen (secondary N) is 2. The van der Waals surface area contributed by atoms with Crippen molar-refractivity contribution in [2.75, 3.05) is 17.2 Å². The van der Waals surface area contributed by atoms with Crippen molar-refractivity contribution in [2.45, 2.75) is 19.8 Å². The van der Waals surface area contributed by atoms with Crippen LogP contribution in [0.5, 0.6) is 0 Å². The number of hydrogen-bond acceptors (Lipinski definition) is 3. The minimum absolute atomic E-state index is 0.111. The molecular weight excluding hydrogens is 244 g/mol. The van der Waals surface area contributed by atoms with Gasteiger partial charge in [0.15, 0.2) is 0 Å². The van der Waals surface area contributed by atoms with E-state index < -0.39 is 6.03 Å². The average Bonchev–Trinajstić information content (AvgIpc) is 2.35. The van der Waals surface area contributed by atoms with Crippen LogP contribution in [0.4, 0.5) is 16.2 Å². The highest BCUT2D eigenvalue weighted by Crippen LogP contribution is 2.16. The summed E-state index contributed by atoms with van der Waals surface area (Å²) in [7, 11) is 0. The Bertz CT molecular complexity index is 448. The van der Waals surface area contributed by atoms with E-state index in [4.69, 9.17) is 11.5 Å². The summed E-state index contributed by atoms with van der Waals surface area (Å²) in [5.41, 5.74) is 11.7. The van der Waals surface area contributed by atoms with E-state index in [-0.39, 0.29) is 11.8 Å². The van der Waals surface area contributed by atoms with E-state index in [1.165, 1.54) is 0 Å². The molecule has 1 aromatic rings. The number of benzene rings is 1. The van der Waals surface area contributed by atoms with E-state index in [1.807, 2.05) is 6.92 Å². The first kappa shape index (κ1) is 15.0. The number of rotatable bonds is 6. The number of hydrogen-bond donors (Lipinski definition) is 4. The zero-order valence-electron chi connectivity index (χ0n) is 11.0. The number of urea groups is 1. The molecule has 6 heteroatoms. The summed E-state index contributed by atoms with van der Waals surface area (Å²) in [5, 5.41) is 5.23. The lowest BCUT2D eigenvalue weighted by molar-refractivity contribution is -0.119. The second kappa shape index (κ2) is 7.38. The van der Waals surface area contributed by atoms with Gasteiger partial charge in [0.05, 0.1) is 5.92 Å². The largest absolute Gasteiger partial charge is 0.351 e. The van der Waals surface area contributed by atoms with Gasteiger partial charge in [0, 0.05) is 17.9 Å². The van der Waals surface area contributed by atoms with Crippen molar-refractivity contribution in [3.05, 3.63) is 24.3 Å². The zero-order chi connectivity index (χ0) is 14.3. The van der Waals surface area contributed by atoms with E-state index in [0.29, 0.717) is 17.9 Å². The Hall–Kier alpha value is -2.08. The average molecular weight is 264 g/mol. The highest BCUT2D eigenvalue weighted by Gasteiger charge is 2.15. The Morgan fingerprint density at radius 2 is 1.89 bits per heavy atom. The van der Waals surface area contributed by atoms with Gasteiger partial charge in [0.1, 0.15) is 0 Å². The van der Waals surface area contributed by atoms with Crippen LogP contribution in [0, 0.1) is 5.92 Å². The maximum atomic E-state index is 12.0.